The van der Waals surface area contributed by atoms with Crippen molar-refractivity contribution in [3.05, 3.63) is 33.1 Å². The molecule has 0 saturated carbocycles. The minimum atomic E-state index is -0.266. The molecule has 0 N–H and O–H groups in total. The van der Waals surface area contributed by atoms with Crippen molar-refractivity contribution in [1.29, 1.82) is 0 Å². The lowest BCUT2D eigenvalue weighted by Gasteiger charge is -2.08. The van der Waals surface area contributed by atoms with Gasteiger partial charge in [-0.2, -0.15) is 0 Å². The summed E-state index contributed by atoms with van der Waals surface area (Å²) in [6.07, 6.45) is 1.48. The predicted octanol–water partition coefficient (Wildman–Crippen LogP) is 0.128. The lowest BCUT2D eigenvalue weighted by molar-refractivity contribution is 0.522. The van der Waals surface area contributed by atoms with Gasteiger partial charge in [-0.15, -0.1) is 0 Å². The van der Waals surface area contributed by atoms with Crippen LogP contribution in [0.5, 0.6) is 0 Å². The van der Waals surface area contributed by atoms with Crippen molar-refractivity contribution in [2.75, 3.05) is 0 Å². The molecule has 12 heavy (non-hydrogen) atoms. The maximum Gasteiger partial charge on any atom is 0.330 e. The second kappa shape index (κ2) is 2.97. The molecule has 0 radical (unpaired) electrons. The lowest BCUT2D eigenvalue weighted by atomic mass is 10.4. The smallest absolute Gasteiger partial charge is 0.303 e. The summed E-state index contributed by atoms with van der Waals surface area (Å²) in [7, 11) is 1.63. The number of rotatable bonds is 1. The molecule has 0 atom stereocenters. The maximum absolute atomic E-state index is 11.4. The zero-order valence-corrected chi connectivity index (χ0v) is 7.44. The van der Waals surface area contributed by atoms with Crippen LogP contribution in [0, 0.1) is 0 Å². The third kappa shape index (κ3) is 1.32. The standard InChI is InChI=1S/C8H12N2O2/c1-6(2)10-7(11)4-5-9(3)8(10)12/h4-6H,1-3H3. The van der Waals surface area contributed by atoms with Crippen LogP contribution in [0.15, 0.2) is 21.9 Å². The Morgan fingerprint density at radius 2 is 1.92 bits per heavy atom. The first-order valence-corrected chi connectivity index (χ1v) is 3.82. The van der Waals surface area contributed by atoms with Crippen molar-refractivity contribution in [2.45, 2.75) is 19.9 Å². The monoisotopic (exact) mass is 168 g/mol. The summed E-state index contributed by atoms with van der Waals surface area (Å²) in [6.45, 7) is 3.62. The highest BCUT2D eigenvalue weighted by Crippen LogP contribution is 1.92. The highest BCUT2D eigenvalue weighted by atomic mass is 16.2. The molecule has 1 rings (SSSR count). The van der Waals surface area contributed by atoms with Gasteiger partial charge in [-0.1, -0.05) is 0 Å². The molecule has 0 spiro atoms. The van der Waals surface area contributed by atoms with Gasteiger partial charge in [-0.25, -0.2) is 4.79 Å². The van der Waals surface area contributed by atoms with Crippen LogP contribution in [0.4, 0.5) is 0 Å². The van der Waals surface area contributed by atoms with Gasteiger partial charge in [-0.3, -0.25) is 9.36 Å². The molecule has 0 amide bonds. The van der Waals surface area contributed by atoms with Crippen molar-refractivity contribution in [3.8, 4) is 0 Å². The van der Waals surface area contributed by atoms with Gasteiger partial charge in [0.05, 0.1) is 0 Å². The van der Waals surface area contributed by atoms with E-state index in [1.165, 1.54) is 21.4 Å². The van der Waals surface area contributed by atoms with Crippen molar-refractivity contribution in [2.24, 2.45) is 7.05 Å². The Hall–Kier alpha value is -1.32. The first-order chi connectivity index (χ1) is 5.54. The third-order valence-electron chi connectivity index (χ3n) is 1.70. The molecule has 4 heteroatoms. The Morgan fingerprint density at radius 3 is 2.33 bits per heavy atom. The molecule has 1 heterocycles. The molecule has 1 aromatic heterocycles. The fourth-order valence-corrected chi connectivity index (χ4v) is 1.06. The number of nitrogens with zero attached hydrogens (tertiary/aromatic N) is 2. The molecule has 0 aliphatic heterocycles. The third-order valence-corrected chi connectivity index (χ3v) is 1.70. The molecule has 4 nitrogen and oxygen atoms in total. The van der Waals surface area contributed by atoms with E-state index in [4.69, 9.17) is 0 Å². The van der Waals surface area contributed by atoms with Crippen LogP contribution in [0.25, 0.3) is 0 Å². The number of hydrogen-bond donors (Lipinski definition) is 0. The Balaban J connectivity index is 3.55. The van der Waals surface area contributed by atoms with Crippen molar-refractivity contribution in [3.63, 3.8) is 0 Å². The van der Waals surface area contributed by atoms with Crippen LogP contribution in [-0.2, 0) is 7.05 Å². The highest BCUT2D eigenvalue weighted by Gasteiger charge is 2.04. The molecule has 66 valence electrons. The molecule has 0 fully saturated rings. The molecule has 0 aromatic carbocycles. The van der Waals surface area contributed by atoms with Crippen LogP contribution in [0.1, 0.15) is 19.9 Å². The fourth-order valence-electron chi connectivity index (χ4n) is 1.06. The number of hydrogen-bond acceptors (Lipinski definition) is 2. The van der Waals surface area contributed by atoms with Crippen molar-refractivity contribution < 1.29 is 0 Å². The van der Waals surface area contributed by atoms with Crippen LogP contribution >= 0.6 is 0 Å². The number of aryl methyl sites for hydroxylation is 1. The number of aromatic nitrogens is 2. The van der Waals surface area contributed by atoms with E-state index in [9.17, 15) is 9.59 Å². The maximum atomic E-state index is 11.4. The summed E-state index contributed by atoms with van der Waals surface area (Å²) < 4.78 is 2.61. The quantitative estimate of drug-likeness (QED) is 0.598. The van der Waals surface area contributed by atoms with E-state index >= 15 is 0 Å². The van der Waals surface area contributed by atoms with E-state index in [2.05, 4.69) is 0 Å². The summed E-state index contributed by atoms with van der Waals surface area (Å²) >= 11 is 0. The lowest BCUT2D eigenvalue weighted by Crippen LogP contribution is -2.38. The summed E-state index contributed by atoms with van der Waals surface area (Å²) in [6, 6.07) is 1.30. The van der Waals surface area contributed by atoms with Crippen LogP contribution < -0.4 is 11.2 Å². The summed E-state index contributed by atoms with van der Waals surface area (Å²) in [5.41, 5.74) is -0.509. The topological polar surface area (TPSA) is 44.0 Å². The van der Waals surface area contributed by atoms with Gasteiger partial charge in [0.15, 0.2) is 0 Å². The summed E-state index contributed by atoms with van der Waals surface area (Å²) in [5, 5.41) is 0. The van der Waals surface area contributed by atoms with Crippen molar-refractivity contribution >= 4 is 0 Å². The minimum Gasteiger partial charge on any atom is -0.303 e. The van der Waals surface area contributed by atoms with Gasteiger partial charge in [0.2, 0.25) is 0 Å². The molecule has 0 unspecified atom stereocenters. The van der Waals surface area contributed by atoms with E-state index in [-0.39, 0.29) is 17.3 Å². The molecule has 0 saturated heterocycles. The van der Waals surface area contributed by atoms with Crippen molar-refractivity contribution in [1.82, 2.24) is 9.13 Å². The first-order valence-electron chi connectivity index (χ1n) is 3.82. The van der Waals surface area contributed by atoms with Crippen LogP contribution in [0.3, 0.4) is 0 Å². The highest BCUT2D eigenvalue weighted by molar-refractivity contribution is 4.86. The van der Waals surface area contributed by atoms with E-state index in [0.717, 1.165) is 0 Å². The zero-order chi connectivity index (χ0) is 9.30. The van der Waals surface area contributed by atoms with Gasteiger partial charge in [-0.05, 0) is 13.8 Å². The Labute approximate surface area is 70.1 Å². The van der Waals surface area contributed by atoms with E-state index in [1.807, 2.05) is 13.8 Å². The molecule has 1 aromatic rings. The normalized spacial score (nSPS) is 10.7. The molecule has 0 aliphatic carbocycles. The van der Waals surface area contributed by atoms with E-state index in [1.54, 1.807) is 7.05 Å². The molecular weight excluding hydrogens is 156 g/mol. The summed E-state index contributed by atoms with van der Waals surface area (Å²) in [4.78, 5) is 22.5. The van der Waals surface area contributed by atoms with E-state index in [0.29, 0.717) is 0 Å². The minimum absolute atomic E-state index is 0.0857. The Bertz CT molecular complexity index is 387. The van der Waals surface area contributed by atoms with Gasteiger partial charge < -0.3 is 4.57 Å². The summed E-state index contributed by atoms with van der Waals surface area (Å²) in [5.74, 6) is 0. The first kappa shape index (κ1) is 8.77. The van der Waals surface area contributed by atoms with Gasteiger partial charge >= 0.3 is 5.69 Å². The molecule has 0 aliphatic rings. The molecule has 0 bridgehead atoms. The Kier molecular flexibility index (Phi) is 2.17. The van der Waals surface area contributed by atoms with Crippen LogP contribution in [0.2, 0.25) is 0 Å². The van der Waals surface area contributed by atoms with Crippen LogP contribution in [-0.4, -0.2) is 9.13 Å². The second-order valence-electron chi connectivity index (χ2n) is 3.01. The average molecular weight is 168 g/mol. The second-order valence-corrected chi connectivity index (χ2v) is 3.01. The average Bonchev–Trinajstić information content (AvgIpc) is 1.97. The van der Waals surface area contributed by atoms with E-state index < -0.39 is 0 Å². The Morgan fingerprint density at radius 1 is 1.33 bits per heavy atom. The van der Waals surface area contributed by atoms with Gasteiger partial charge in [0.1, 0.15) is 0 Å². The largest absolute Gasteiger partial charge is 0.330 e. The fraction of sp³-hybridized carbons (Fsp3) is 0.500. The zero-order valence-electron chi connectivity index (χ0n) is 7.44. The predicted molar refractivity (Wildman–Crippen MR) is 46.3 cm³/mol. The molecular formula is C8H12N2O2. The van der Waals surface area contributed by atoms with Gasteiger partial charge in [0.25, 0.3) is 5.56 Å². The SMILES string of the molecule is CC(C)n1c(=O)ccn(C)c1=O. The van der Waals surface area contributed by atoms with Gasteiger partial charge in [0, 0.05) is 25.4 Å².